The SMILES string of the molecule is COC(=O)CCCN1C/C(=C\c2csc([N+](=O)[O-])c2)C(=O)/C(=C/c2csc([N+](=O)[O-])c2)C1. The predicted molar refractivity (Wildman–Crippen MR) is 121 cm³/mol. The Labute approximate surface area is 190 Å². The number of Topliss-reactive ketones (excluding diaryl/α,β-unsaturated/α-hetero) is 1. The van der Waals surface area contributed by atoms with Gasteiger partial charge in [0.2, 0.25) is 0 Å². The van der Waals surface area contributed by atoms with Crippen molar-refractivity contribution in [3.05, 3.63) is 65.4 Å². The quantitative estimate of drug-likeness (QED) is 0.242. The molecule has 1 aliphatic heterocycles. The fourth-order valence-corrected chi connectivity index (χ4v) is 4.61. The first kappa shape index (κ1) is 23.4. The smallest absolute Gasteiger partial charge is 0.324 e. The number of thiophene rings is 2. The Morgan fingerprint density at radius 2 is 1.56 bits per heavy atom. The maximum absolute atomic E-state index is 13.1. The molecule has 0 spiro atoms. The second kappa shape index (κ2) is 10.4. The van der Waals surface area contributed by atoms with E-state index in [1.165, 1.54) is 19.2 Å². The average molecular weight is 478 g/mol. The van der Waals surface area contributed by atoms with Gasteiger partial charge in [-0.15, -0.1) is 0 Å². The number of rotatable bonds is 8. The van der Waals surface area contributed by atoms with Crippen molar-refractivity contribution in [3.8, 4) is 0 Å². The van der Waals surface area contributed by atoms with Gasteiger partial charge in [-0.2, -0.15) is 0 Å². The number of carbonyl (C=O) groups is 2. The molecule has 0 saturated carbocycles. The molecular weight excluding hydrogens is 458 g/mol. The molecule has 0 unspecified atom stereocenters. The molecule has 1 saturated heterocycles. The third-order valence-corrected chi connectivity index (χ3v) is 6.50. The fraction of sp³-hybridized carbons (Fsp3) is 0.300. The first-order chi connectivity index (χ1) is 15.3. The molecule has 0 radical (unpaired) electrons. The Morgan fingerprint density at radius 3 is 1.97 bits per heavy atom. The van der Waals surface area contributed by atoms with Crippen LogP contribution in [0.3, 0.4) is 0 Å². The van der Waals surface area contributed by atoms with Crippen molar-refractivity contribution in [1.29, 1.82) is 0 Å². The summed E-state index contributed by atoms with van der Waals surface area (Å²) in [6, 6.07) is 2.82. The Hall–Kier alpha value is -3.22. The zero-order valence-corrected chi connectivity index (χ0v) is 18.6. The van der Waals surface area contributed by atoms with Gasteiger partial charge in [-0.25, -0.2) is 0 Å². The summed E-state index contributed by atoms with van der Waals surface area (Å²) in [6.45, 7) is 1.18. The molecular formula is C20H19N3O7S2. The lowest BCUT2D eigenvalue weighted by Gasteiger charge is -2.29. The van der Waals surface area contributed by atoms with Gasteiger partial charge in [-0.3, -0.25) is 34.7 Å². The highest BCUT2D eigenvalue weighted by molar-refractivity contribution is 7.13. The highest BCUT2D eigenvalue weighted by atomic mass is 32.1. The van der Waals surface area contributed by atoms with Crippen molar-refractivity contribution in [3.63, 3.8) is 0 Å². The summed E-state index contributed by atoms with van der Waals surface area (Å²) in [6.07, 6.45) is 4.03. The fourth-order valence-electron chi connectivity index (χ4n) is 3.24. The summed E-state index contributed by atoms with van der Waals surface area (Å²) < 4.78 is 4.66. The van der Waals surface area contributed by atoms with Crippen molar-refractivity contribution in [2.24, 2.45) is 0 Å². The maximum atomic E-state index is 13.1. The van der Waals surface area contributed by atoms with E-state index in [4.69, 9.17) is 0 Å². The second-order valence-corrected chi connectivity index (χ2v) is 8.79. The lowest BCUT2D eigenvalue weighted by Crippen LogP contribution is -2.38. The maximum Gasteiger partial charge on any atom is 0.324 e. The highest BCUT2D eigenvalue weighted by Gasteiger charge is 2.27. The van der Waals surface area contributed by atoms with Crippen LogP contribution in [-0.2, 0) is 14.3 Å². The number of piperidine rings is 1. The van der Waals surface area contributed by atoms with Gasteiger partial charge >= 0.3 is 16.0 Å². The van der Waals surface area contributed by atoms with Crippen LogP contribution in [0, 0.1) is 20.2 Å². The van der Waals surface area contributed by atoms with Gasteiger partial charge in [-0.1, -0.05) is 22.7 Å². The number of hydrogen-bond donors (Lipinski definition) is 0. The van der Waals surface area contributed by atoms with Crippen LogP contribution in [0.1, 0.15) is 24.0 Å². The van der Waals surface area contributed by atoms with Gasteiger partial charge in [0.1, 0.15) is 0 Å². The molecule has 32 heavy (non-hydrogen) atoms. The van der Waals surface area contributed by atoms with Crippen molar-refractivity contribution in [2.75, 3.05) is 26.7 Å². The number of ether oxygens (including phenoxy) is 1. The molecule has 1 aliphatic rings. The standard InChI is InChI=1S/C20H19N3O7S2/c1-30-19(24)3-2-4-21-9-15(5-13-7-17(22(26)27)31-11-13)20(25)16(10-21)6-14-8-18(23(28)29)32-12-14/h5-8,11-12H,2-4,9-10H2,1H3/b15-5+,16-6+. The van der Waals surface area contributed by atoms with Crippen molar-refractivity contribution < 1.29 is 24.2 Å². The monoisotopic (exact) mass is 477 g/mol. The predicted octanol–water partition coefficient (Wildman–Crippen LogP) is 3.93. The van der Waals surface area contributed by atoms with E-state index in [1.807, 2.05) is 4.90 Å². The van der Waals surface area contributed by atoms with E-state index < -0.39 is 9.85 Å². The molecule has 2 aromatic heterocycles. The lowest BCUT2D eigenvalue weighted by atomic mass is 9.95. The first-order valence-corrected chi connectivity index (χ1v) is 11.2. The minimum absolute atomic E-state index is 0.0172. The molecule has 2 aromatic rings. The summed E-state index contributed by atoms with van der Waals surface area (Å²) in [5.74, 6) is -0.530. The average Bonchev–Trinajstić information content (AvgIpc) is 3.41. The molecule has 168 valence electrons. The van der Waals surface area contributed by atoms with Crippen molar-refractivity contribution in [1.82, 2.24) is 4.90 Å². The molecule has 0 atom stereocenters. The number of hydrogen-bond acceptors (Lipinski definition) is 10. The number of methoxy groups -OCH3 is 1. The number of carbonyl (C=O) groups excluding carboxylic acids is 2. The summed E-state index contributed by atoms with van der Waals surface area (Å²) in [7, 11) is 1.32. The summed E-state index contributed by atoms with van der Waals surface area (Å²) >= 11 is 1.96. The third-order valence-electron chi connectivity index (χ3n) is 4.71. The Kier molecular flexibility index (Phi) is 7.62. The molecule has 12 heteroatoms. The minimum Gasteiger partial charge on any atom is -0.469 e. The number of likely N-dealkylation sites (tertiary alicyclic amines) is 1. The number of nitrogens with zero attached hydrogens (tertiary/aromatic N) is 3. The Balaban J connectivity index is 1.87. The normalized spacial score (nSPS) is 17.1. The van der Waals surface area contributed by atoms with Crippen LogP contribution in [0.2, 0.25) is 0 Å². The van der Waals surface area contributed by atoms with E-state index in [0.29, 0.717) is 48.3 Å². The topological polar surface area (TPSA) is 133 Å². The molecule has 0 aromatic carbocycles. The number of nitro groups is 2. The van der Waals surface area contributed by atoms with Crippen LogP contribution in [0.4, 0.5) is 10.0 Å². The molecule has 0 amide bonds. The van der Waals surface area contributed by atoms with E-state index >= 15 is 0 Å². The van der Waals surface area contributed by atoms with Gasteiger partial charge in [0, 0.05) is 53.5 Å². The van der Waals surface area contributed by atoms with Crippen molar-refractivity contribution >= 4 is 56.6 Å². The van der Waals surface area contributed by atoms with Gasteiger partial charge in [-0.05, 0) is 36.2 Å². The van der Waals surface area contributed by atoms with Crippen LogP contribution in [0.25, 0.3) is 12.2 Å². The van der Waals surface area contributed by atoms with Gasteiger partial charge in [0.25, 0.3) is 0 Å². The Morgan fingerprint density at radius 1 is 1.06 bits per heavy atom. The van der Waals surface area contributed by atoms with Gasteiger partial charge < -0.3 is 4.74 Å². The van der Waals surface area contributed by atoms with E-state index in [2.05, 4.69) is 4.74 Å². The van der Waals surface area contributed by atoms with Crippen LogP contribution in [-0.4, -0.2) is 53.2 Å². The zero-order chi connectivity index (χ0) is 23.3. The van der Waals surface area contributed by atoms with Gasteiger partial charge in [0.15, 0.2) is 5.78 Å². The van der Waals surface area contributed by atoms with Crippen molar-refractivity contribution in [2.45, 2.75) is 12.8 Å². The minimum atomic E-state index is -0.483. The van der Waals surface area contributed by atoms with E-state index in [1.54, 1.807) is 22.9 Å². The lowest BCUT2D eigenvalue weighted by molar-refractivity contribution is -0.380. The summed E-state index contributed by atoms with van der Waals surface area (Å²) in [4.78, 5) is 47.4. The third kappa shape index (κ3) is 5.93. The molecule has 3 rings (SSSR count). The number of esters is 1. The van der Waals surface area contributed by atoms with Gasteiger partial charge in [0.05, 0.1) is 17.0 Å². The van der Waals surface area contributed by atoms with Crippen LogP contribution < -0.4 is 0 Å². The van der Waals surface area contributed by atoms with Crippen LogP contribution >= 0.6 is 22.7 Å². The van der Waals surface area contributed by atoms with E-state index in [-0.39, 0.29) is 28.2 Å². The highest BCUT2D eigenvalue weighted by Crippen LogP contribution is 2.29. The number of ketones is 1. The second-order valence-electron chi connectivity index (χ2n) is 7.01. The van der Waals surface area contributed by atoms with E-state index in [0.717, 1.165) is 22.7 Å². The Bertz CT molecular complexity index is 1040. The first-order valence-electron chi connectivity index (χ1n) is 9.47. The molecule has 0 bridgehead atoms. The zero-order valence-electron chi connectivity index (χ0n) is 17.0. The largest absolute Gasteiger partial charge is 0.469 e. The summed E-state index contributed by atoms with van der Waals surface area (Å²) in [5, 5.41) is 25.1. The van der Waals surface area contributed by atoms with Crippen LogP contribution in [0.5, 0.6) is 0 Å². The molecule has 3 heterocycles. The molecule has 0 N–H and O–H groups in total. The molecule has 0 aliphatic carbocycles. The van der Waals surface area contributed by atoms with Crippen LogP contribution in [0.15, 0.2) is 34.0 Å². The van der Waals surface area contributed by atoms with E-state index in [9.17, 15) is 29.8 Å². The summed E-state index contributed by atoms with van der Waals surface area (Å²) in [5.41, 5.74) is 2.04. The molecule has 10 nitrogen and oxygen atoms in total. The molecule has 1 fully saturated rings.